The van der Waals surface area contributed by atoms with Gasteiger partial charge in [0.25, 0.3) is 5.91 Å². The van der Waals surface area contributed by atoms with Crippen LogP contribution in [0.4, 0.5) is 0 Å². The van der Waals surface area contributed by atoms with E-state index in [0.29, 0.717) is 36.0 Å². The molecule has 1 fully saturated rings. The highest BCUT2D eigenvalue weighted by molar-refractivity contribution is 7.89. The van der Waals surface area contributed by atoms with E-state index < -0.39 is 10.0 Å². The number of sulfonamides is 1. The van der Waals surface area contributed by atoms with Crippen LogP contribution in [0.5, 0.6) is 5.75 Å². The molecule has 1 saturated heterocycles. The van der Waals surface area contributed by atoms with Gasteiger partial charge in [0.05, 0.1) is 10.5 Å². The molecule has 0 aliphatic carbocycles. The first kappa shape index (κ1) is 22.6. The summed E-state index contributed by atoms with van der Waals surface area (Å²) in [4.78, 5) is 16.9. The largest absolute Gasteiger partial charge is 0.491 e. The zero-order valence-electron chi connectivity index (χ0n) is 17.1. The molecule has 0 saturated carbocycles. The summed E-state index contributed by atoms with van der Waals surface area (Å²) in [6.45, 7) is 2.32. The second-order valence-electron chi connectivity index (χ2n) is 7.30. The van der Waals surface area contributed by atoms with Crippen molar-refractivity contribution < 1.29 is 17.9 Å². The van der Waals surface area contributed by atoms with Gasteiger partial charge in [0.1, 0.15) is 12.4 Å². The molecule has 0 atom stereocenters. The molecule has 1 aliphatic rings. The van der Waals surface area contributed by atoms with E-state index in [2.05, 4.69) is 0 Å². The molecule has 1 amide bonds. The third kappa shape index (κ3) is 5.31. The Kier molecular flexibility index (Phi) is 7.36. The fraction of sp³-hybridized carbons (Fsp3) is 0.381. The quantitative estimate of drug-likeness (QED) is 0.646. The normalized spacial score (nSPS) is 15.4. The highest BCUT2D eigenvalue weighted by Crippen LogP contribution is 2.23. The molecular formula is C21H26ClN3O4S. The van der Waals surface area contributed by atoms with Gasteiger partial charge in [-0.05, 0) is 50.5 Å². The number of piperazine rings is 1. The molecule has 2 aromatic carbocycles. The summed E-state index contributed by atoms with van der Waals surface area (Å²) in [5.41, 5.74) is 0.491. The van der Waals surface area contributed by atoms with Gasteiger partial charge < -0.3 is 14.5 Å². The zero-order valence-corrected chi connectivity index (χ0v) is 18.7. The van der Waals surface area contributed by atoms with E-state index >= 15 is 0 Å². The molecule has 0 spiro atoms. The number of hydrogen-bond acceptors (Lipinski definition) is 5. The Hall–Kier alpha value is -2.13. The van der Waals surface area contributed by atoms with E-state index in [0.717, 1.165) is 6.54 Å². The van der Waals surface area contributed by atoms with Gasteiger partial charge in [0.2, 0.25) is 10.0 Å². The second kappa shape index (κ2) is 9.78. The van der Waals surface area contributed by atoms with Crippen molar-refractivity contribution in [2.75, 3.05) is 53.4 Å². The molecule has 1 aliphatic heterocycles. The molecule has 0 N–H and O–H groups in total. The number of ether oxygens (including phenoxy) is 1. The van der Waals surface area contributed by atoms with Crippen LogP contribution < -0.4 is 4.74 Å². The molecule has 162 valence electrons. The molecule has 2 aromatic rings. The van der Waals surface area contributed by atoms with Crippen LogP contribution in [0.1, 0.15) is 10.4 Å². The maximum absolute atomic E-state index is 13.0. The number of carbonyl (C=O) groups excluding carboxylic acids is 1. The maximum Gasteiger partial charge on any atom is 0.257 e. The van der Waals surface area contributed by atoms with Gasteiger partial charge in [0.15, 0.2) is 0 Å². The molecule has 30 heavy (non-hydrogen) atoms. The van der Waals surface area contributed by atoms with Gasteiger partial charge >= 0.3 is 0 Å². The van der Waals surface area contributed by atoms with Crippen LogP contribution in [0.2, 0.25) is 5.02 Å². The maximum atomic E-state index is 13.0. The Morgan fingerprint density at radius 2 is 1.67 bits per heavy atom. The van der Waals surface area contributed by atoms with E-state index in [9.17, 15) is 13.2 Å². The first-order valence-corrected chi connectivity index (χ1v) is 11.5. The monoisotopic (exact) mass is 451 g/mol. The zero-order chi connectivity index (χ0) is 21.7. The molecule has 0 radical (unpaired) electrons. The highest BCUT2D eigenvalue weighted by Gasteiger charge is 2.31. The summed E-state index contributed by atoms with van der Waals surface area (Å²) in [5.74, 6) is 0.388. The molecule has 7 nitrogen and oxygen atoms in total. The summed E-state index contributed by atoms with van der Waals surface area (Å²) < 4.78 is 32.9. The Balaban J connectivity index is 1.65. The predicted octanol–water partition coefficient (Wildman–Crippen LogP) is 2.43. The number of hydrogen-bond donors (Lipinski definition) is 0. The van der Waals surface area contributed by atoms with E-state index in [1.807, 2.05) is 25.1 Å². The van der Waals surface area contributed by atoms with Crippen LogP contribution in [-0.4, -0.2) is 81.9 Å². The highest BCUT2D eigenvalue weighted by atomic mass is 35.5. The van der Waals surface area contributed by atoms with Crippen molar-refractivity contribution in [3.05, 3.63) is 59.1 Å². The standard InChI is InChI=1S/C21H26ClN3O4S/c1-23(2)15-16-29-20-6-4-3-5-19(20)21(26)24-11-13-25(14-12-24)30(27,28)18-9-7-17(22)8-10-18/h3-10H,11-16H2,1-2H3. The fourth-order valence-electron chi connectivity index (χ4n) is 3.16. The predicted molar refractivity (Wildman–Crippen MR) is 117 cm³/mol. The molecule has 9 heteroatoms. The first-order valence-electron chi connectivity index (χ1n) is 9.70. The number of nitrogens with zero attached hydrogens (tertiary/aromatic N) is 3. The summed E-state index contributed by atoms with van der Waals surface area (Å²) in [6.07, 6.45) is 0. The topological polar surface area (TPSA) is 70.2 Å². The third-order valence-electron chi connectivity index (χ3n) is 4.89. The Morgan fingerprint density at radius 1 is 1.03 bits per heavy atom. The lowest BCUT2D eigenvalue weighted by atomic mass is 10.1. The van der Waals surface area contributed by atoms with Gasteiger partial charge in [0, 0.05) is 37.7 Å². The molecule has 0 bridgehead atoms. The average molecular weight is 452 g/mol. The van der Waals surface area contributed by atoms with Gasteiger partial charge in [-0.3, -0.25) is 4.79 Å². The first-order chi connectivity index (χ1) is 14.3. The van der Waals surface area contributed by atoms with Gasteiger partial charge in [-0.1, -0.05) is 23.7 Å². The summed E-state index contributed by atoms with van der Waals surface area (Å²) in [5, 5.41) is 0.482. The van der Waals surface area contributed by atoms with Gasteiger partial charge in [-0.15, -0.1) is 0 Å². The Labute approximate surface area is 182 Å². The smallest absolute Gasteiger partial charge is 0.257 e. The van der Waals surface area contributed by atoms with Crippen LogP contribution in [0, 0.1) is 0 Å². The van der Waals surface area contributed by atoms with Crippen molar-refractivity contribution in [1.29, 1.82) is 0 Å². The van der Waals surface area contributed by atoms with Crippen LogP contribution in [0.15, 0.2) is 53.4 Å². The molecule has 3 rings (SSSR count). The van der Waals surface area contributed by atoms with E-state index in [4.69, 9.17) is 16.3 Å². The number of carbonyl (C=O) groups is 1. The van der Waals surface area contributed by atoms with E-state index in [1.54, 1.807) is 35.2 Å². The van der Waals surface area contributed by atoms with Crippen molar-refractivity contribution >= 4 is 27.5 Å². The third-order valence-corrected chi connectivity index (χ3v) is 7.06. The molecule has 0 unspecified atom stereocenters. The Morgan fingerprint density at radius 3 is 2.30 bits per heavy atom. The number of amides is 1. The summed E-state index contributed by atoms with van der Waals surface area (Å²) in [6, 6.07) is 13.3. The van der Waals surface area contributed by atoms with Crippen molar-refractivity contribution in [2.24, 2.45) is 0 Å². The van der Waals surface area contributed by atoms with Gasteiger partial charge in [-0.25, -0.2) is 8.42 Å². The van der Waals surface area contributed by atoms with Crippen molar-refractivity contribution in [3.63, 3.8) is 0 Å². The summed E-state index contributed by atoms with van der Waals surface area (Å²) >= 11 is 5.85. The lowest BCUT2D eigenvalue weighted by Gasteiger charge is -2.34. The number of para-hydroxylation sites is 1. The number of likely N-dealkylation sites (N-methyl/N-ethyl adjacent to an activating group) is 1. The van der Waals surface area contributed by atoms with E-state index in [1.165, 1.54) is 16.4 Å². The SMILES string of the molecule is CN(C)CCOc1ccccc1C(=O)N1CCN(S(=O)(=O)c2ccc(Cl)cc2)CC1. The number of benzene rings is 2. The Bertz CT molecular complexity index is 972. The summed E-state index contributed by atoms with van der Waals surface area (Å²) in [7, 11) is 0.299. The molecule has 0 aromatic heterocycles. The average Bonchev–Trinajstić information content (AvgIpc) is 2.74. The van der Waals surface area contributed by atoms with Crippen molar-refractivity contribution in [1.82, 2.24) is 14.1 Å². The van der Waals surface area contributed by atoms with E-state index in [-0.39, 0.29) is 23.9 Å². The van der Waals surface area contributed by atoms with Crippen LogP contribution in [0.3, 0.4) is 0 Å². The fourth-order valence-corrected chi connectivity index (χ4v) is 4.71. The minimum Gasteiger partial charge on any atom is -0.491 e. The molecule has 1 heterocycles. The van der Waals surface area contributed by atoms with Gasteiger partial charge in [-0.2, -0.15) is 4.31 Å². The minimum absolute atomic E-state index is 0.154. The van der Waals surface area contributed by atoms with Crippen molar-refractivity contribution in [2.45, 2.75) is 4.90 Å². The van der Waals surface area contributed by atoms with Crippen LogP contribution >= 0.6 is 11.6 Å². The molecular weight excluding hydrogens is 426 g/mol. The van der Waals surface area contributed by atoms with Crippen LogP contribution in [0.25, 0.3) is 0 Å². The number of rotatable bonds is 7. The number of halogens is 1. The lowest BCUT2D eigenvalue weighted by molar-refractivity contribution is 0.0693. The minimum atomic E-state index is -3.61. The lowest BCUT2D eigenvalue weighted by Crippen LogP contribution is -2.50. The van der Waals surface area contributed by atoms with Crippen molar-refractivity contribution in [3.8, 4) is 5.75 Å². The second-order valence-corrected chi connectivity index (χ2v) is 9.67. The van der Waals surface area contributed by atoms with Crippen LogP contribution in [-0.2, 0) is 10.0 Å².